The van der Waals surface area contributed by atoms with E-state index in [-0.39, 0.29) is 5.91 Å². The highest BCUT2D eigenvalue weighted by Gasteiger charge is 2.38. The first kappa shape index (κ1) is 14.4. The minimum absolute atomic E-state index is 0.0276. The van der Waals surface area contributed by atoms with Crippen LogP contribution in [0.5, 0.6) is 0 Å². The summed E-state index contributed by atoms with van der Waals surface area (Å²) in [4.78, 5) is 19.2. The Balaban J connectivity index is 1.48. The molecule has 1 spiro atoms. The predicted molar refractivity (Wildman–Crippen MR) is 86.4 cm³/mol. The normalized spacial score (nSPS) is 20.1. The van der Waals surface area contributed by atoms with Gasteiger partial charge in [0.25, 0.3) is 5.91 Å². The molecule has 1 amide bonds. The Morgan fingerprint density at radius 2 is 2.04 bits per heavy atom. The number of pyridine rings is 1. The maximum atomic E-state index is 12.7. The lowest BCUT2D eigenvalue weighted by Crippen LogP contribution is -2.44. The van der Waals surface area contributed by atoms with Crippen molar-refractivity contribution in [2.75, 3.05) is 26.2 Å². The number of aromatic nitrogens is 3. The summed E-state index contributed by atoms with van der Waals surface area (Å²) in [5, 5.41) is 7.63. The van der Waals surface area contributed by atoms with Gasteiger partial charge in [-0.1, -0.05) is 6.07 Å². The van der Waals surface area contributed by atoms with Crippen molar-refractivity contribution in [2.45, 2.75) is 19.3 Å². The third-order valence-electron chi connectivity index (χ3n) is 5.14. The van der Waals surface area contributed by atoms with E-state index in [9.17, 15) is 4.79 Å². The van der Waals surface area contributed by atoms with Crippen LogP contribution in [-0.2, 0) is 0 Å². The van der Waals surface area contributed by atoms with E-state index in [1.807, 2.05) is 29.3 Å². The molecule has 0 bridgehead atoms. The average molecular weight is 311 g/mol. The van der Waals surface area contributed by atoms with E-state index in [0.29, 0.717) is 16.9 Å². The van der Waals surface area contributed by atoms with Crippen LogP contribution in [0, 0.1) is 5.41 Å². The number of rotatable bonds is 2. The highest BCUT2D eigenvalue weighted by Crippen LogP contribution is 2.37. The van der Waals surface area contributed by atoms with Crippen molar-refractivity contribution < 1.29 is 4.79 Å². The van der Waals surface area contributed by atoms with Gasteiger partial charge in [-0.05, 0) is 49.4 Å². The zero-order valence-corrected chi connectivity index (χ0v) is 13.1. The van der Waals surface area contributed by atoms with E-state index in [1.54, 1.807) is 16.9 Å². The lowest BCUT2D eigenvalue weighted by molar-refractivity contribution is 0.0602. The Morgan fingerprint density at radius 1 is 1.17 bits per heavy atom. The molecule has 2 aromatic heterocycles. The van der Waals surface area contributed by atoms with Crippen molar-refractivity contribution in [3.63, 3.8) is 0 Å². The van der Waals surface area contributed by atoms with Crippen LogP contribution in [0.1, 0.15) is 29.8 Å². The second-order valence-electron chi connectivity index (χ2n) is 6.55. The third kappa shape index (κ3) is 2.74. The summed E-state index contributed by atoms with van der Waals surface area (Å²) in [6.07, 6.45) is 6.95. The minimum atomic E-state index is 0.0276. The highest BCUT2D eigenvalue weighted by atomic mass is 16.2. The molecule has 23 heavy (non-hydrogen) atoms. The molecule has 2 aromatic rings. The SMILES string of the molecule is O=C(c1cccc(-n2cccn2)n1)N1CCC2(CCNC2)CC1. The molecule has 2 fully saturated rings. The molecular weight excluding hydrogens is 290 g/mol. The summed E-state index contributed by atoms with van der Waals surface area (Å²) < 4.78 is 1.67. The third-order valence-corrected chi connectivity index (χ3v) is 5.14. The van der Waals surface area contributed by atoms with Gasteiger partial charge in [0.05, 0.1) is 0 Å². The van der Waals surface area contributed by atoms with Gasteiger partial charge in [-0.25, -0.2) is 9.67 Å². The van der Waals surface area contributed by atoms with Crippen LogP contribution in [0.25, 0.3) is 5.82 Å². The van der Waals surface area contributed by atoms with Crippen molar-refractivity contribution in [3.8, 4) is 5.82 Å². The van der Waals surface area contributed by atoms with Crippen molar-refractivity contribution in [3.05, 3.63) is 42.4 Å². The van der Waals surface area contributed by atoms with Crippen LogP contribution < -0.4 is 5.32 Å². The Kier molecular flexibility index (Phi) is 3.61. The molecule has 0 unspecified atom stereocenters. The number of amides is 1. The predicted octanol–water partition coefficient (Wildman–Crippen LogP) is 1.48. The number of carbonyl (C=O) groups is 1. The van der Waals surface area contributed by atoms with Gasteiger partial charge in [0.1, 0.15) is 5.69 Å². The number of nitrogens with one attached hydrogen (secondary N) is 1. The zero-order chi connectivity index (χ0) is 15.7. The monoisotopic (exact) mass is 311 g/mol. The fourth-order valence-electron chi connectivity index (χ4n) is 3.64. The van der Waals surface area contributed by atoms with Gasteiger partial charge in [-0.3, -0.25) is 4.79 Å². The van der Waals surface area contributed by atoms with Crippen LogP contribution in [0.15, 0.2) is 36.7 Å². The van der Waals surface area contributed by atoms with Gasteiger partial charge in [-0.2, -0.15) is 5.10 Å². The second kappa shape index (κ2) is 5.77. The Hall–Kier alpha value is -2.21. The fraction of sp³-hybridized carbons (Fsp3) is 0.471. The molecule has 2 aliphatic rings. The molecule has 1 N–H and O–H groups in total. The quantitative estimate of drug-likeness (QED) is 0.912. The summed E-state index contributed by atoms with van der Waals surface area (Å²) >= 11 is 0. The van der Waals surface area contributed by atoms with Gasteiger partial charge < -0.3 is 10.2 Å². The molecule has 0 aromatic carbocycles. The van der Waals surface area contributed by atoms with Gasteiger partial charge >= 0.3 is 0 Å². The van der Waals surface area contributed by atoms with Gasteiger partial charge in [-0.15, -0.1) is 0 Å². The van der Waals surface area contributed by atoms with Crippen LogP contribution in [0.3, 0.4) is 0 Å². The molecule has 6 heteroatoms. The van der Waals surface area contributed by atoms with E-state index in [1.165, 1.54) is 6.42 Å². The van der Waals surface area contributed by atoms with Crippen LogP contribution in [0.2, 0.25) is 0 Å². The zero-order valence-electron chi connectivity index (χ0n) is 13.1. The Morgan fingerprint density at radius 3 is 2.74 bits per heavy atom. The fourth-order valence-corrected chi connectivity index (χ4v) is 3.64. The first-order valence-electron chi connectivity index (χ1n) is 8.23. The van der Waals surface area contributed by atoms with Crippen molar-refractivity contribution >= 4 is 5.91 Å². The van der Waals surface area contributed by atoms with Gasteiger partial charge in [0, 0.05) is 32.0 Å². The van der Waals surface area contributed by atoms with Gasteiger partial charge in [0.2, 0.25) is 0 Å². The molecule has 2 aliphatic heterocycles. The molecule has 0 saturated carbocycles. The Labute approximate surface area is 135 Å². The van der Waals surface area contributed by atoms with E-state index < -0.39 is 0 Å². The van der Waals surface area contributed by atoms with E-state index >= 15 is 0 Å². The first-order valence-corrected chi connectivity index (χ1v) is 8.23. The lowest BCUT2D eigenvalue weighted by Gasteiger charge is -2.38. The van der Waals surface area contributed by atoms with Crippen molar-refractivity contribution in [1.29, 1.82) is 0 Å². The highest BCUT2D eigenvalue weighted by molar-refractivity contribution is 5.92. The molecule has 4 heterocycles. The van der Waals surface area contributed by atoms with Crippen molar-refractivity contribution in [1.82, 2.24) is 25.0 Å². The largest absolute Gasteiger partial charge is 0.337 e. The summed E-state index contributed by atoms with van der Waals surface area (Å²) in [6, 6.07) is 7.36. The summed E-state index contributed by atoms with van der Waals surface area (Å²) in [7, 11) is 0. The number of likely N-dealkylation sites (tertiary alicyclic amines) is 1. The standard InChI is InChI=1S/C17H21N5O/c23-16(21-11-6-17(7-12-21)5-9-18-13-17)14-3-1-4-15(20-14)22-10-2-8-19-22/h1-4,8,10,18H,5-7,9,11-13H2. The number of carbonyl (C=O) groups excluding carboxylic acids is 1. The van der Waals surface area contributed by atoms with E-state index in [0.717, 1.165) is 39.0 Å². The summed E-state index contributed by atoms with van der Waals surface area (Å²) in [5.41, 5.74) is 0.916. The maximum absolute atomic E-state index is 12.7. The number of nitrogens with zero attached hydrogens (tertiary/aromatic N) is 4. The van der Waals surface area contributed by atoms with Crippen LogP contribution in [0.4, 0.5) is 0 Å². The summed E-state index contributed by atoms with van der Waals surface area (Å²) in [5.74, 6) is 0.703. The molecule has 4 rings (SSSR count). The smallest absolute Gasteiger partial charge is 0.272 e. The maximum Gasteiger partial charge on any atom is 0.272 e. The Bertz CT molecular complexity index is 681. The van der Waals surface area contributed by atoms with E-state index in [2.05, 4.69) is 15.4 Å². The number of piperidine rings is 1. The second-order valence-corrected chi connectivity index (χ2v) is 6.55. The number of hydrogen-bond acceptors (Lipinski definition) is 4. The van der Waals surface area contributed by atoms with Crippen molar-refractivity contribution in [2.24, 2.45) is 5.41 Å². The molecule has 6 nitrogen and oxygen atoms in total. The minimum Gasteiger partial charge on any atom is -0.337 e. The molecule has 2 saturated heterocycles. The van der Waals surface area contributed by atoms with Crippen LogP contribution >= 0.6 is 0 Å². The van der Waals surface area contributed by atoms with E-state index in [4.69, 9.17) is 0 Å². The summed E-state index contributed by atoms with van der Waals surface area (Å²) in [6.45, 7) is 3.87. The lowest BCUT2D eigenvalue weighted by atomic mass is 9.78. The molecule has 0 atom stereocenters. The van der Waals surface area contributed by atoms with Gasteiger partial charge in [0.15, 0.2) is 5.82 Å². The van der Waals surface area contributed by atoms with Crippen LogP contribution in [-0.4, -0.2) is 51.8 Å². The molecule has 0 radical (unpaired) electrons. The molecular formula is C17H21N5O. The first-order chi connectivity index (χ1) is 11.3. The molecule has 120 valence electrons. The topological polar surface area (TPSA) is 63.1 Å². The average Bonchev–Trinajstić information content (AvgIpc) is 3.28. The number of hydrogen-bond donors (Lipinski definition) is 1. The molecule has 0 aliphatic carbocycles.